The number of hydrogen-bond acceptors (Lipinski definition) is 5. The molecule has 7 heteroatoms. The van der Waals surface area contributed by atoms with Crippen LogP contribution in [0.5, 0.6) is 5.88 Å². The van der Waals surface area contributed by atoms with E-state index >= 15 is 0 Å². The van der Waals surface area contributed by atoms with Gasteiger partial charge in [0, 0.05) is 18.7 Å². The van der Waals surface area contributed by atoms with Crippen LogP contribution in [0.2, 0.25) is 0 Å². The second kappa shape index (κ2) is 8.42. The molecule has 5 rings (SSSR count). The first-order chi connectivity index (χ1) is 15.6. The Morgan fingerprint density at radius 2 is 1.72 bits per heavy atom. The minimum absolute atomic E-state index is 0.103. The van der Waals surface area contributed by atoms with Crippen molar-refractivity contribution in [1.29, 1.82) is 0 Å². The molecule has 0 aliphatic carbocycles. The Hall–Kier alpha value is -3.74. The molecule has 0 N–H and O–H groups in total. The number of ether oxygens (including phenoxy) is 1. The normalized spacial score (nSPS) is 13.6. The lowest BCUT2D eigenvalue weighted by Gasteiger charge is -2.15. The fourth-order valence-electron chi connectivity index (χ4n) is 4.20. The fourth-order valence-corrected chi connectivity index (χ4v) is 4.20. The van der Waals surface area contributed by atoms with E-state index in [1.165, 1.54) is 17.5 Å². The molecule has 0 radical (unpaired) electrons. The number of carbonyl (C=O) groups is 1. The van der Waals surface area contributed by atoms with Gasteiger partial charge >= 0.3 is 0 Å². The molecule has 1 amide bonds. The molecule has 1 aliphatic rings. The number of amides is 1. The molecule has 162 valence electrons. The van der Waals surface area contributed by atoms with Gasteiger partial charge in [-0.25, -0.2) is 14.6 Å². The Balaban J connectivity index is 1.34. The summed E-state index contributed by atoms with van der Waals surface area (Å²) in [5, 5.41) is 5.28. The second-order valence-electron chi connectivity index (χ2n) is 8.30. The summed E-state index contributed by atoms with van der Waals surface area (Å²) in [5.41, 5.74) is 5.68. The summed E-state index contributed by atoms with van der Waals surface area (Å²) in [5.74, 6) is 0.592. The molecule has 3 heterocycles. The molecule has 2 aromatic heterocycles. The van der Waals surface area contributed by atoms with Gasteiger partial charge in [-0.1, -0.05) is 18.2 Å². The minimum Gasteiger partial charge on any atom is -0.472 e. The van der Waals surface area contributed by atoms with E-state index < -0.39 is 0 Å². The van der Waals surface area contributed by atoms with E-state index in [0.29, 0.717) is 18.1 Å². The van der Waals surface area contributed by atoms with Gasteiger partial charge in [-0.05, 0) is 67.6 Å². The highest BCUT2D eigenvalue weighted by Gasteiger charge is 2.19. The molecule has 0 bridgehead atoms. The topological polar surface area (TPSA) is 73.1 Å². The third-order valence-electron chi connectivity index (χ3n) is 5.75. The van der Waals surface area contributed by atoms with Crippen LogP contribution < -0.4 is 4.74 Å². The molecule has 1 saturated heterocycles. The van der Waals surface area contributed by atoms with Crippen molar-refractivity contribution in [2.24, 2.45) is 0 Å². The van der Waals surface area contributed by atoms with Gasteiger partial charge in [-0.2, -0.15) is 5.10 Å². The largest absolute Gasteiger partial charge is 0.472 e. The van der Waals surface area contributed by atoms with Crippen molar-refractivity contribution in [3.8, 4) is 11.6 Å². The molecule has 1 aliphatic heterocycles. The second-order valence-corrected chi connectivity index (χ2v) is 8.30. The maximum Gasteiger partial charge on any atom is 0.253 e. The maximum atomic E-state index is 12.5. The number of fused-ring (bicyclic) bond motifs is 1. The average Bonchev–Trinajstić information content (AvgIpc) is 3.47. The lowest BCUT2D eigenvalue weighted by atomic mass is 10.1. The van der Waals surface area contributed by atoms with Gasteiger partial charge in [0.15, 0.2) is 5.65 Å². The third kappa shape index (κ3) is 3.93. The predicted octanol–water partition coefficient (Wildman–Crippen LogP) is 4.25. The van der Waals surface area contributed by atoms with Crippen molar-refractivity contribution in [1.82, 2.24) is 24.6 Å². The first kappa shape index (κ1) is 20.2. The van der Waals surface area contributed by atoms with Crippen LogP contribution >= 0.6 is 0 Å². The fraction of sp³-hybridized carbons (Fsp3) is 0.280. The first-order valence-corrected chi connectivity index (χ1v) is 10.9. The number of aryl methyl sites for hydroxylation is 2. The van der Waals surface area contributed by atoms with Crippen LogP contribution in [-0.4, -0.2) is 43.6 Å². The standard InChI is InChI=1S/C25H25N5O2/c1-17-11-18(2)13-21(12-17)30-23-22(14-28-30)24(27-16-26-23)32-15-19-5-7-20(8-6-19)25(31)29-9-3-4-10-29/h5-8,11-14,16H,3-4,9-10,15H2,1-2H3. The summed E-state index contributed by atoms with van der Waals surface area (Å²) in [6.45, 7) is 6.18. The molecule has 2 aromatic carbocycles. The Bertz CT molecular complexity index is 1250. The highest BCUT2D eigenvalue weighted by molar-refractivity contribution is 5.94. The van der Waals surface area contributed by atoms with Crippen LogP contribution in [0.4, 0.5) is 0 Å². The summed E-state index contributed by atoms with van der Waals surface area (Å²) in [7, 11) is 0. The molecule has 1 fully saturated rings. The zero-order valence-electron chi connectivity index (χ0n) is 18.3. The predicted molar refractivity (Wildman–Crippen MR) is 122 cm³/mol. The number of nitrogens with zero attached hydrogens (tertiary/aromatic N) is 5. The smallest absolute Gasteiger partial charge is 0.253 e. The van der Waals surface area contributed by atoms with E-state index in [0.717, 1.165) is 48.1 Å². The highest BCUT2D eigenvalue weighted by Crippen LogP contribution is 2.25. The number of rotatable bonds is 5. The number of benzene rings is 2. The Kier molecular flexibility index (Phi) is 5.31. The average molecular weight is 428 g/mol. The van der Waals surface area contributed by atoms with Crippen molar-refractivity contribution in [2.75, 3.05) is 13.1 Å². The van der Waals surface area contributed by atoms with Crippen LogP contribution in [0.3, 0.4) is 0 Å². The molecule has 32 heavy (non-hydrogen) atoms. The van der Waals surface area contributed by atoms with Gasteiger partial charge in [0.25, 0.3) is 5.91 Å². The van der Waals surface area contributed by atoms with Crippen molar-refractivity contribution in [3.63, 3.8) is 0 Å². The van der Waals surface area contributed by atoms with Crippen molar-refractivity contribution in [3.05, 3.63) is 77.2 Å². The van der Waals surface area contributed by atoms with Gasteiger partial charge in [0.2, 0.25) is 5.88 Å². The molecule has 0 atom stereocenters. The molecular weight excluding hydrogens is 402 g/mol. The van der Waals surface area contributed by atoms with Crippen molar-refractivity contribution < 1.29 is 9.53 Å². The van der Waals surface area contributed by atoms with Gasteiger partial charge in [-0.15, -0.1) is 0 Å². The van der Waals surface area contributed by atoms with Crippen LogP contribution in [0.15, 0.2) is 55.0 Å². The zero-order valence-corrected chi connectivity index (χ0v) is 18.3. The van der Waals surface area contributed by atoms with Crippen molar-refractivity contribution >= 4 is 16.9 Å². The summed E-state index contributed by atoms with van der Waals surface area (Å²) >= 11 is 0. The van der Waals surface area contributed by atoms with Gasteiger partial charge in [-0.3, -0.25) is 4.79 Å². The molecular formula is C25H25N5O2. The van der Waals surface area contributed by atoms with E-state index in [1.807, 2.05) is 33.8 Å². The van der Waals surface area contributed by atoms with Gasteiger partial charge < -0.3 is 9.64 Å². The first-order valence-electron chi connectivity index (χ1n) is 10.9. The van der Waals surface area contributed by atoms with Crippen molar-refractivity contribution in [2.45, 2.75) is 33.3 Å². The van der Waals surface area contributed by atoms with Crippen LogP contribution in [-0.2, 0) is 6.61 Å². The van der Waals surface area contributed by atoms with Crippen LogP contribution in [0.25, 0.3) is 16.7 Å². The molecule has 0 unspecified atom stereocenters. The number of hydrogen-bond donors (Lipinski definition) is 0. The van der Waals surface area contributed by atoms with E-state index in [2.05, 4.69) is 47.1 Å². The monoisotopic (exact) mass is 427 g/mol. The van der Waals surface area contributed by atoms with E-state index in [9.17, 15) is 4.79 Å². The Labute approximate surface area is 186 Å². The van der Waals surface area contributed by atoms with Gasteiger partial charge in [0.1, 0.15) is 18.3 Å². The number of carbonyl (C=O) groups excluding carboxylic acids is 1. The molecule has 7 nitrogen and oxygen atoms in total. The number of likely N-dealkylation sites (tertiary alicyclic amines) is 1. The Morgan fingerprint density at radius 3 is 2.44 bits per heavy atom. The zero-order chi connectivity index (χ0) is 22.1. The lowest BCUT2D eigenvalue weighted by molar-refractivity contribution is 0.0792. The quantitative estimate of drug-likeness (QED) is 0.476. The van der Waals surface area contributed by atoms with E-state index in [1.54, 1.807) is 6.20 Å². The third-order valence-corrected chi connectivity index (χ3v) is 5.75. The van der Waals surface area contributed by atoms with E-state index in [-0.39, 0.29) is 5.91 Å². The lowest BCUT2D eigenvalue weighted by Crippen LogP contribution is -2.27. The Morgan fingerprint density at radius 1 is 1.00 bits per heavy atom. The summed E-state index contributed by atoms with van der Waals surface area (Å²) in [4.78, 5) is 23.2. The molecule has 4 aromatic rings. The molecule has 0 saturated carbocycles. The van der Waals surface area contributed by atoms with Gasteiger partial charge in [0.05, 0.1) is 11.9 Å². The minimum atomic E-state index is 0.103. The number of aromatic nitrogens is 4. The summed E-state index contributed by atoms with van der Waals surface area (Å²) in [6.07, 6.45) is 5.41. The SMILES string of the molecule is Cc1cc(C)cc(-n2ncc3c(OCc4ccc(C(=O)N5CCCC5)cc4)ncnc32)c1. The molecule has 0 spiro atoms. The van der Waals surface area contributed by atoms with Crippen LogP contribution in [0, 0.1) is 13.8 Å². The van der Waals surface area contributed by atoms with E-state index in [4.69, 9.17) is 4.74 Å². The van der Waals surface area contributed by atoms with Crippen LogP contribution in [0.1, 0.15) is 39.9 Å². The summed E-state index contributed by atoms with van der Waals surface area (Å²) < 4.78 is 7.81. The maximum absolute atomic E-state index is 12.5. The highest BCUT2D eigenvalue weighted by atomic mass is 16.5. The summed E-state index contributed by atoms with van der Waals surface area (Å²) in [6, 6.07) is 13.9.